The summed E-state index contributed by atoms with van der Waals surface area (Å²) in [6, 6.07) is 0. The van der Waals surface area contributed by atoms with Crippen molar-refractivity contribution in [3.05, 3.63) is 11.1 Å². The van der Waals surface area contributed by atoms with Gasteiger partial charge in [0.1, 0.15) is 0 Å². The van der Waals surface area contributed by atoms with Crippen LogP contribution in [0, 0.1) is 41.4 Å². The fourth-order valence-electron chi connectivity index (χ4n) is 6.73. The van der Waals surface area contributed by atoms with Gasteiger partial charge in [0.15, 0.2) is 0 Å². The van der Waals surface area contributed by atoms with E-state index in [1.54, 1.807) is 0 Å². The van der Waals surface area contributed by atoms with Crippen molar-refractivity contribution in [1.29, 1.82) is 0 Å². The normalized spacial score (nSPS) is 45.5. The van der Waals surface area contributed by atoms with Crippen LogP contribution in [0.25, 0.3) is 0 Å². The molecular weight excluding hydrogens is 252 g/mol. The first-order valence-corrected chi connectivity index (χ1v) is 9.37. The van der Waals surface area contributed by atoms with Crippen LogP contribution in [0.3, 0.4) is 0 Å². The van der Waals surface area contributed by atoms with Gasteiger partial charge in [-0.15, -0.1) is 12.3 Å². The Morgan fingerprint density at radius 1 is 1.14 bits per heavy atom. The lowest BCUT2D eigenvalue weighted by Gasteiger charge is -2.53. The van der Waals surface area contributed by atoms with E-state index < -0.39 is 0 Å². The third-order valence-corrected chi connectivity index (χ3v) is 7.62. The first kappa shape index (κ1) is 13.9. The summed E-state index contributed by atoms with van der Waals surface area (Å²) in [6.45, 7) is 2.60. The first-order chi connectivity index (χ1) is 10.2. The fourth-order valence-corrected chi connectivity index (χ4v) is 6.73. The van der Waals surface area contributed by atoms with E-state index in [2.05, 4.69) is 12.8 Å². The Hall–Kier alpha value is -0.700. The molecular formula is C21H30. The quantitative estimate of drug-likeness (QED) is 0.425. The standard InChI is InChI=1S/C21H30/c1-3-7-16-14-15-8-4-5-9-17(15)18-11-13-21(2)12-6-10-19(21)20(16)18/h1,16,18-20H,4-14H2,2H3/t16-,18-,19+,20-,21+/m1/s1. The maximum absolute atomic E-state index is 5.75. The lowest BCUT2D eigenvalue weighted by molar-refractivity contribution is 0.00878. The number of rotatable bonds is 1. The van der Waals surface area contributed by atoms with Crippen LogP contribution in [0.4, 0.5) is 0 Å². The molecule has 0 spiro atoms. The van der Waals surface area contributed by atoms with Crippen molar-refractivity contribution < 1.29 is 0 Å². The molecule has 0 amide bonds. The molecule has 0 N–H and O–H groups in total. The van der Waals surface area contributed by atoms with Gasteiger partial charge in [-0.1, -0.05) is 24.5 Å². The Labute approximate surface area is 130 Å². The van der Waals surface area contributed by atoms with Gasteiger partial charge in [-0.25, -0.2) is 0 Å². The van der Waals surface area contributed by atoms with Gasteiger partial charge in [-0.05, 0) is 86.9 Å². The van der Waals surface area contributed by atoms with Crippen LogP contribution in [0.15, 0.2) is 11.1 Å². The van der Waals surface area contributed by atoms with Crippen molar-refractivity contribution in [2.75, 3.05) is 0 Å². The Balaban J connectivity index is 1.72. The molecule has 0 aromatic rings. The Bertz CT molecular complexity index is 491. The Kier molecular flexibility index (Phi) is 3.44. The van der Waals surface area contributed by atoms with E-state index in [9.17, 15) is 0 Å². The maximum Gasteiger partial charge on any atom is 0.0120 e. The molecule has 21 heavy (non-hydrogen) atoms. The van der Waals surface area contributed by atoms with Crippen LogP contribution in [-0.4, -0.2) is 0 Å². The molecule has 5 atom stereocenters. The largest absolute Gasteiger partial charge is 0.120 e. The fraction of sp³-hybridized carbons (Fsp3) is 0.810. The van der Waals surface area contributed by atoms with Crippen LogP contribution >= 0.6 is 0 Å². The highest BCUT2D eigenvalue weighted by atomic mass is 14.6. The minimum atomic E-state index is 0.654. The monoisotopic (exact) mass is 282 g/mol. The first-order valence-electron chi connectivity index (χ1n) is 9.37. The molecule has 0 bridgehead atoms. The van der Waals surface area contributed by atoms with Gasteiger partial charge in [0.25, 0.3) is 0 Å². The van der Waals surface area contributed by atoms with E-state index in [-0.39, 0.29) is 0 Å². The van der Waals surface area contributed by atoms with Gasteiger partial charge in [-0.2, -0.15) is 0 Å². The number of terminal acetylenes is 1. The highest BCUT2D eigenvalue weighted by molar-refractivity contribution is 5.27. The Morgan fingerprint density at radius 3 is 2.86 bits per heavy atom. The lowest BCUT2D eigenvalue weighted by Crippen LogP contribution is -2.45. The molecule has 0 radical (unpaired) electrons. The number of fused-ring (bicyclic) bond motifs is 4. The Morgan fingerprint density at radius 2 is 2.00 bits per heavy atom. The van der Waals surface area contributed by atoms with Crippen molar-refractivity contribution in [3.8, 4) is 12.3 Å². The summed E-state index contributed by atoms with van der Waals surface area (Å²) >= 11 is 0. The summed E-state index contributed by atoms with van der Waals surface area (Å²) in [5.41, 5.74) is 4.43. The van der Waals surface area contributed by atoms with Crippen molar-refractivity contribution >= 4 is 0 Å². The molecule has 0 aliphatic heterocycles. The van der Waals surface area contributed by atoms with Crippen LogP contribution in [0.2, 0.25) is 0 Å². The van der Waals surface area contributed by atoms with E-state index in [4.69, 9.17) is 6.42 Å². The van der Waals surface area contributed by atoms with Crippen LogP contribution in [0.1, 0.15) is 77.6 Å². The predicted octanol–water partition coefficient (Wildman–Crippen LogP) is 5.73. The number of hydrogen-bond donors (Lipinski definition) is 0. The van der Waals surface area contributed by atoms with Gasteiger partial charge in [-0.3, -0.25) is 0 Å². The molecule has 2 saturated carbocycles. The van der Waals surface area contributed by atoms with E-state index in [1.807, 2.05) is 11.1 Å². The molecule has 4 rings (SSSR count). The highest BCUT2D eigenvalue weighted by Gasteiger charge is 2.53. The average Bonchev–Trinajstić information content (AvgIpc) is 2.89. The van der Waals surface area contributed by atoms with E-state index in [0.29, 0.717) is 5.41 Å². The van der Waals surface area contributed by atoms with Crippen molar-refractivity contribution in [2.45, 2.75) is 77.6 Å². The summed E-state index contributed by atoms with van der Waals surface area (Å²) in [5, 5.41) is 0. The molecule has 2 fully saturated rings. The van der Waals surface area contributed by atoms with E-state index in [0.717, 1.165) is 30.1 Å². The van der Waals surface area contributed by atoms with Gasteiger partial charge >= 0.3 is 0 Å². The summed E-state index contributed by atoms with van der Waals surface area (Å²) < 4.78 is 0. The van der Waals surface area contributed by atoms with E-state index >= 15 is 0 Å². The van der Waals surface area contributed by atoms with Crippen molar-refractivity contribution in [3.63, 3.8) is 0 Å². The van der Waals surface area contributed by atoms with Gasteiger partial charge in [0, 0.05) is 6.42 Å². The summed E-state index contributed by atoms with van der Waals surface area (Å²) in [6.07, 6.45) is 21.2. The second kappa shape index (κ2) is 5.19. The second-order valence-electron chi connectivity index (χ2n) is 8.58. The van der Waals surface area contributed by atoms with Gasteiger partial charge in [0.05, 0.1) is 0 Å². The van der Waals surface area contributed by atoms with Crippen LogP contribution in [0.5, 0.6) is 0 Å². The SMILES string of the molecule is C#CC[C@@H]1CC2=C(CCCC2)[C@H]2CC[C@]3(C)CCC[C@H]3[C@H]12. The zero-order valence-electron chi connectivity index (χ0n) is 13.7. The third-order valence-electron chi connectivity index (χ3n) is 7.62. The molecule has 0 unspecified atom stereocenters. The smallest absolute Gasteiger partial charge is 0.0120 e. The summed E-state index contributed by atoms with van der Waals surface area (Å²) in [7, 11) is 0. The molecule has 0 nitrogen and oxygen atoms in total. The summed E-state index contributed by atoms with van der Waals surface area (Å²) in [5.74, 6) is 6.67. The van der Waals surface area contributed by atoms with Gasteiger partial charge < -0.3 is 0 Å². The number of hydrogen-bond acceptors (Lipinski definition) is 0. The van der Waals surface area contributed by atoms with Crippen LogP contribution < -0.4 is 0 Å². The van der Waals surface area contributed by atoms with E-state index in [1.165, 1.54) is 64.2 Å². The topological polar surface area (TPSA) is 0 Å². The van der Waals surface area contributed by atoms with Crippen LogP contribution in [-0.2, 0) is 0 Å². The molecule has 0 aromatic carbocycles. The summed E-state index contributed by atoms with van der Waals surface area (Å²) in [4.78, 5) is 0. The van der Waals surface area contributed by atoms with Crippen molar-refractivity contribution in [1.82, 2.24) is 0 Å². The molecule has 0 aromatic heterocycles. The minimum absolute atomic E-state index is 0.654. The van der Waals surface area contributed by atoms with Gasteiger partial charge in [0.2, 0.25) is 0 Å². The van der Waals surface area contributed by atoms with Crippen molar-refractivity contribution in [2.24, 2.45) is 29.1 Å². The highest BCUT2D eigenvalue weighted by Crippen LogP contribution is 2.62. The molecule has 4 aliphatic carbocycles. The molecule has 0 saturated heterocycles. The molecule has 0 heteroatoms. The number of allylic oxidation sites excluding steroid dienone is 2. The minimum Gasteiger partial charge on any atom is -0.120 e. The lowest BCUT2D eigenvalue weighted by atomic mass is 9.51. The predicted molar refractivity (Wildman–Crippen MR) is 88.7 cm³/mol. The maximum atomic E-state index is 5.75. The molecule has 0 heterocycles. The molecule has 114 valence electrons. The second-order valence-corrected chi connectivity index (χ2v) is 8.58. The average molecular weight is 282 g/mol. The zero-order chi connectivity index (χ0) is 14.4. The third kappa shape index (κ3) is 2.11. The molecule has 4 aliphatic rings. The zero-order valence-corrected chi connectivity index (χ0v) is 13.7.